The molecule has 3 aromatic carbocycles. The largest absolute Gasteiger partial charge is 0.492 e. The molecule has 0 aromatic heterocycles. The number of benzene rings is 3. The van der Waals surface area contributed by atoms with Crippen LogP contribution in [0.2, 0.25) is 0 Å². The first-order chi connectivity index (χ1) is 17.5. The highest BCUT2D eigenvalue weighted by molar-refractivity contribution is 5.47. The molecule has 200 valence electrons. The van der Waals surface area contributed by atoms with Crippen LogP contribution in [0.1, 0.15) is 76.5 Å². The summed E-state index contributed by atoms with van der Waals surface area (Å²) in [6.07, 6.45) is 3.01. The third-order valence-electron chi connectivity index (χ3n) is 7.43. The molecular formula is C34H48N2O. The first-order valence-electron chi connectivity index (χ1n) is 13.8. The van der Waals surface area contributed by atoms with E-state index in [1.807, 2.05) is 0 Å². The summed E-state index contributed by atoms with van der Waals surface area (Å²) in [6, 6.07) is 31.1. The first-order valence-corrected chi connectivity index (χ1v) is 13.8. The van der Waals surface area contributed by atoms with Crippen LogP contribution in [0.3, 0.4) is 0 Å². The van der Waals surface area contributed by atoms with E-state index in [-0.39, 0.29) is 22.3 Å². The quantitative estimate of drug-likeness (QED) is 0.262. The molecule has 0 spiro atoms. The van der Waals surface area contributed by atoms with Crippen LogP contribution >= 0.6 is 0 Å². The van der Waals surface area contributed by atoms with Crippen molar-refractivity contribution in [3.8, 4) is 5.75 Å². The van der Waals surface area contributed by atoms with Crippen molar-refractivity contribution in [2.45, 2.75) is 70.8 Å². The number of nitrogens with two attached hydrogens (primary N) is 1. The molecule has 0 fully saturated rings. The van der Waals surface area contributed by atoms with Gasteiger partial charge in [-0.1, -0.05) is 100.0 Å². The summed E-state index contributed by atoms with van der Waals surface area (Å²) in [5.41, 5.74) is 10.2. The fourth-order valence-electron chi connectivity index (χ4n) is 6.58. The molecule has 0 aliphatic carbocycles. The third kappa shape index (κ3) is 7.24. The summed E-state index contributed by atoms with van der Waals surface area (Å²) >= 11 is 0. The lowest BCUT2D eigenvalue weighted by Gasteiger charge is -2.51. The van der Waals surface area contributed by atoms with Crippen LogP contribution in [0.5, 0.6) is 5.75 Å². The topological polar surface area (TPSA) is 38.5 Å². The smallest absolute Gasteiger partial charge is 0.119 e. The molecule has 2 unspecified atom stereocenters. The monoisotopic (exact) mass is 500 g/mol. The van der Waals surface area contributed by atoms with E-state index in [4.69, 9.17) is 10.5 Å². The van der Waals surface area contributed by atoms with E-state index in [1.54, 1.807) is 0 Å². The van der Waals surface area contributed by atoms with E-state index >= 15 is 0 Å². The minimum absolute atomic E-state index is 0.0779. The van der Waals surface area contributed by atoms with Crippen LogP contribution in [-0.2, 0) is 5.41 Å². The van der Waals surface area contributed by atoms with Crippen LogP contribution < -0.4 is 10.5 Å². The van der Waals surface area contributed by atoms with Crippen molar-refractivity contribution < 1.29 is 4.74 Å². The zero-order valence-electron chi connectivity index (χ0n) is 24.1. The molecule has 2 N–H and O–H groups in total. The number of rotatable bonds is 13. The van der Waals surface area contributed by atoms with Crippen molar-refractivity contribution in [3.63, 3.8) is 0 Å². The van der Waals surface area contributed by atoms with E-state index in [1.165, 1.54) is 16.7 Å². The third-order valence-corrected chi connectivity index (χ3v) is 7.43. The Morgan fingerprint density at radius 2 is 1.32 bits per heavy atom. The van der Waals surface area contributed by atoms with Crippen molar-refractivity contribution in [1.29, 1.82) is 0 Å². The van der Waals surface area contributed by atoms with Crippen molar-refractivity contribution in [2.24, 2.45) is 11.1 Å². The summed E-state index contributed by atoms with van der Waals surface area (Å²) in [7, 11) is 4.14. The van der Waals surface area contributed by atoms with Crippen LogP contribution in [0.4, 0.5) is 0 Å². The van der Waals surface area contributed by atoms with Crippen molar-refractivity contribution >= 4 is 0 Å². The molecule has 37 heavy (non-hydrogen) atoms. The SMILES string of the molecule is CCCC(c1ccccc1)(c1ccc(OCCN(C)C)cc1)C(c1ccccc1)C(C)(C)CC(C)(C)N. The van der Waals surface area contributed by atoms with Gasteiger partial charge in [0.2, 0.25) is 0 Å². The van der Waals surface area contributed by atoms with E-state index in [9.17, 15) is 0 Å². The highest BCUT2D eigenvalue weighted by Gasteiger charge is 2.50. The second kappa shape index (κ2) is 12.3. The molecular weight excluding hydrogens is 452 g/mol. The second-order valence-corrected chi connectivity index (χ2v) is 12.3. The molecule has 3 rings (SSSR count). The van der Waals surface area contributed by atoms with Gasteiger partial charge in [0.15, 0.2) is 0 Å². The lowest BCUT2D eigenvalue weighted by molar-refractivity contribution is 0.149. The Morgan fingerprint density at radius 1 is 0.784 bits per heavy atom. The zero-order valence-corrected chi connectivity index (χ0v) is 24.1. The molecule has 3 aromatic rings. The normalized spacial score (nSPS) is 14.8. The number of hydrogen-bond donors (Lipinski definition) is 1. The summed E-state index contributed by atoms with van der Waals surface area (Å²) in [6.45, 7) is 13.0. The van der Waals surface area contributed by atoms with Gasteiger partial charge >= 0.3 is 0 Å². The predicted molar refractivity (Wildman–Crippen MR) is 158 cm³/mol. The van der Waals surface area contributed by atoms with Gasteiger partial charge in [0.25, 0.3) is 0 Å². The Balaban J connectivity index is 2.24. The molecule has 3 heteroatoms. The van der Waals surface area contributed by atoms with E-state index in [2.05, 4.69) is 139 Å². The molecule has 0 aliphatic heterocycles. The Morgan fingerprint density at radius 3 is 1.84 bits per heavy atom. The highest BCUT2D eigenvalue weighted by Crippen LogP contribution is 2.57. The van der Waals surface area contributed by atoms with Gasteiger partial charge in [0, 0.05) is 23.4 Å². The molecule has 2 atom stereocenters. The Kier molecular flexibility index (Phi) is 9.61. The second-order valence-electron chi connectivity index (χ2n) is 12.3. The van der Waals surface area contributed by atoms with Crippen molar-refractivity contribution in [2.75, 3.05) is 27.2 Å². The molecule has 3 nitrogen and oxygen atoms in total. The lowest BCUT2D eigenvalue weighted by Crippen LogP contribution is -2.47. The average Bonchev–Trinajstić information content (AvgIpc) is 2.83. The first kappa shape index (κ1) is 28.9. The molecule has 0 aliphatic rings. The number of nitrogens with zero attached hydrogens (tertiary/aromatic N) is 1. The van der Waals surface area contributed by atoms with Gasteiger partial charge in [-0.25, -0.2) is 0 Å². The zero-order chi connectivity index (χ0) is 27.1. The number of ether oxygens (including phenoxy) is 1. The maximum Gasteiger partial charge on any atom is 0.119 e. The fraction of sp³-hybridized carbons (Fsp3) is 0.471. The van der Waals surface area contributed by atoms with Gasteiger partial charge in [-0.3, -0.25) is 0 Å². The molecule has 0 saturated heterocycles. The van der Waals surface area contributed by atoms with Crippen LogP contribution in [-0.4, -0.2) is 37.7 Å². The van der Waals surface area contributed by atoms with Crippen LogP contribution in [0.25, 0.3) is 0 Å². The number of hydrogen-bond acceptors (Lipinski definition) is 3. The lowest BCUT2D eigenvalue weighted by atomic mass is 9.52. The molecule has 0 saturated carbocycles. The van der Waals surface area contributed by atoms with Crippen molar-refractivity contribution in [3.05, 3.63) is 102 Å². The van der Waals surface area contributed by atoms with Gasteiger partial charge in [-0.15, -0.1) is 0 Å². The summed E-state index contributed by atoms with van der Waals surface area (Å²) in [5.74, 6) is 1.13. The van der Waals surface area contributed by atoms with E-state index in [0.717, 1.165) is 31.6 Å². The molecule has 0 amide bonds. The van der Waals surface area contributed by atoms with Gasteiger partial charge in [-0.05, 0) is 75.0 Å². The highest BCUT2D eigenvalue weighted by atomic mass is 16.5. The summed E-state index contributed by atoms with van der Waals surface area (Å²) in [5, 5.41) is 0. The van der Waals surface area contributed by atoms with Gasteiger partial charge in [0.1, 0.15) is 12.4 Å². The summed E-state index contributed by atoms with van der Waals surface area (Å²) in [4.78, 5) is 2.14. The summed E-state index contributed by atoms with van der Waals surface area (Å²) < 4.78 is 6.07. The van der Waals surface area contributed by atoms with Crippen molar-refractivity contribution in [1.82, 2.24) is 4.90 Å². The minimum atomic E-state index is -0.282. The van der Waals surface area contributed by atoms with E-state index < -0.39 is 0 Å². The standard InChI is InChI=1S/C34H48N2O/c1-8-23-34(28-17-13-10-14-18-28,29-19-21-30(22-20-29)37-25-24-36(6)7)31(27-15-11-9-12-16-27)32(2,3)26-33(4,5)35/h9-22,31H,8,23-26,35H2,1-7H3. The molecule has 0 radical (unpaired) electrons. The van der Waals surface area contributed by atoms with Crippen LogP contribution in [0.15, 0.2) is 84.9 Å². The number of likely N-dealkylation sites (N-methyl/N-ethyl adjacent to an activating group) is 1. The van der Waals surface area contributed by atoms with Gasteiger partial charge < -0.3 is 15.4 Å². The molecule has 0 bridgehead atoms. The maximum atomic E-state index is 6.70. The minimum Gasteiger partial charge on any atom is -0.492 e. The Bertz CT molecular complexity index is 1070. The Labute approximate surface area is 226 Å². The maximum absolute atomic E-state index is 6.70. The Hall–Kier alpha value is -2.62. The van der Waals surface area contributed by atoms with Gasteiger partial charge in [0.05, 0.1) is 0 Å². The van der Waals surface area contributed by atoms with E-state index in [0.29, 0.717) is 6.61 Å². The molecule has 0 heterocycles. The fourth-order valence-corrected chi connectivity index (χ4v) is 6.58. The predicted octanol–water partition coefficient (Wildman–Crippen LogP) is 7.65. The average molecular weight is 501 g/mol. The van der Waals surface area contributed by atoms with Gasteiger partial charge in [-0.2, -0.15) is 0 Å². The van der Waals surface area contributed by atoms with Crippen LogP contribution in [0, 0.1) is 5.41 Å².